The molecule has 7 heteroatoms. The van der Waals surface area contributed by atoms with Crippen LogP contribution in [0.3, 0.4) is 0 Å². The number of benzene rings is 2. The quantitative estimate of drug-likeness (QED) is 0.442. The first kappa shape index (κ1) is 20.9. The zero-order chi connectivity index (χ0) is 21.0. The number of rotatable bonds is 6. The summed E-state index contributed by atoms with van der Waals surface area (Å²) in [7, 11) is 1.36. The first-order valence-corrected chi connectivity index (χ1v) is 10.1. The summed E-state index contributed by atoms with van der Waals surface area (Å²) in [4.78, 5) is 29.6. The third-order valence-corrected chi connectivity index (χ3v) is 5.29. The van der Waals surface area contributed by atoms with Gasteiger partial charge in [0.1, 0.15) is 17.4 Å². The molecule has 1 atom stereocenters. The average Bonchev–Trinajstić information content (AvgIpc) is 3.02. The van der Waals surface area contributed by atoms with Crippen LogP contribution in [0.4, 0.5) is 0 Å². The highest BCUT2D eigenvalue weighted by molar-refractivity contribution is 8.00. The van der Waals surface area contributed by atoms with Gasteiger partial charge >= 0.3 is 11.9 Å². The van der Waals surface area contributed by atoms with Crippen LogP contribution in [-0.4, -0.2) is 34.2 Å². The molecule has 0 N–H and O–H groups in total. The Kier molecular flexibility index (Phi) is 6.27. The summed E-state index contributed by atoms with van der Waals surface area (Å²) >= 11 is 1.26. The lowest BCUT2D eigenvalue weighted by atomic mass is 10.1. The number of fused-ring (bicyclic) bond motifs is 1. The van der Waals surface area contributed by atoms with Gasteiger partial charge in [0.2, 0.25) is 0 Å². The van der Waals surface area contributed by atoms with Crippen LogP contribution in [0.1, 0.15) is 31.6 Å². The fourth-order valence-corrected chi connectivity index (χ4v) is 4.03. The third kappa shape index (κ3) is 5.17. The van der Waals surface area contributed by atoms with Crippen LogP contribution in [-0.2, 0) is 25.6 Å². The minimum absolute atomic E-state index is 0.00278. The number of para-hydroxylation sites is 2. The van der Waals surface area contributed by atoms with Crippen LogP contribution in [0.5, 0.6) is 0 Å². The predicted octanol–water partition coefficient (Wildman–Crippen LogP) is 4.38. The van der Waals surface area contributed by atoms with Crippen LogP contribution in [0.25, 0.3) is 11.0 Å². The molecule has 6 nitrogen and oxygen atoms in total. The zero-order valence-corrected chi connectivity index (χ0v) is 17.7. The molecule has 3 aromatic rings. The minimum Gasteiger partial charge on any atom is -0.468 e. The topological polar surface area (TPSA) is 70.4 Å². The Balaban J connectivity index is 1.99. The summed E-state index contributed by atoms with van der Waals surface area (Å²) in [5.74, 6) is -0.742. The van der Waals surface area contributed by atoms with E-state index in [0.29, 0.717) is 5.16 Å². The van der Waals surface area contributed by atoms with Crippen LogP contribution in [0.15, 0.2) is 59.8 Å². The molecule has 0 spiro atoms. The number of carbonyl (C=O) groups is 2. The van der Waals surface area contributed by atoms with Crippen molar-refractivity contribution in [2.75, 3.05) is 7.11 Å². The molecule has 0 saturated carbocycles. The molecule has 0 aliphatic rings. The molecule has 3 rings (SSSR count). The number of carbonyl (C=O) groups excluding carboxylic acids is 2. The minimum atomic E-state index is -0.601. The van der Waals surface area contributed by atoms with E-state index in [1.54, 1.807) is 4.57 Å². The van der Waals surface area contributed by atoms with E-state index in [1.165, 1.54) is 18.9 Å². The Morgan fingerprint density at radius 1 is 1.07 bits per heavy atom. The van der Waals surface area contributed by atoms with E-state index in [2.05, 4.69) is 4.98 Å². The highest BCUT2D eigenvalue weighted by Crippen LogP contribution is 2.37. The van der Waals surface area contributed by atoms with Crippen molar-refractivity contribution in [1.29, 1.82) is 0 Å². The van der Waals surface area contributed by atoms with Gasteiger partial charge in [-0.15, -0.1) is 0 Å². The first-order chi connectivity index (χ1) is 13.8. The molecule has 0 aliphatic carbocycles. The Morgan fingerprint density at radius 2 is 1.72 bits per heavy atom. The number of hydrogen-bond acceptors (Lipinski definition) is 6. The lowest BCUT2D eigenvalue weighted by Crippen LogP contribution is -2.26. The molecule has 2 aromatic carbocycles. The maximum atomic E-state index is 12.5. The molecule has 0 aliphatic heterocycles. The SMILES string of the molecule is COC(=O)C(Sc1nc2ccccc2n1CC(=O)OC(C)(C)C)c1ccccc1. The highest BCUT2D eigenvalue weighted by Gasteiger charge is 2.27. The van der Waals surface area contributed by atoms with Crippen LogP contribution in [0, 0.1) is 0 Å². The second-order valence-corrected chi connectivity index (χ2v) is 8.56. The first-order valence-electron chi connectivity index (χ1n) is 9.25. The predicted molar refractivity (Wildman–Crippen MR) is 113 cm³/mol. The summed E-state index contributed by atoms with van der Waals surface area (Å²) in [6, 6.07) is 16.9. The van der Waals surface area contributed by atoms with E-state index >= 15 is 0 Å². The summed E-state index contributed by atoms with van der Waals surface area (Å²) in [6.45, 7) is 5.49. The Hall–Kier alpha value is -2.80. The van der Waals surface area contributed by atoms with Crippen LogP contribution >= 0.6 is 11.8 Å². The zero-order valence-electron chi connectivity index (χ0n) is 16.9. The van der Waals surface area contributed by atoms with Crippen molar-refractivity contribution in [3.63, 3.8) is 0 Å². The van der Waals surface area contributed by atoms with Crippen molar-refractivity contribution in [2.45, 2.75) is 43.3 Å². The number of imidazole rings is 1. The standard InChI is InChI=1S/C22H24N2O4S/c1-22(2,3)28-18(25)14-24-17-13-9-8-12-16(17)23-21(24)29-19(20(26)27-4)15-10-6-5-7-11-15/h5-13,19H,14H2,1-4H3. The van der Waals surface area contributed by atoms with Gasteiger partial charge in [0.25, 0.3) is 0 Å². The van der Waals surface area contributed by atoms with E-state index in [0.717, 1.165) is 16.6 Å². The Morgan fingerprint density at radius 3 is 2.38 bits per heavy atom. The number of aromatic nitrogens is 2. The largest absolute Gasteiger partial charge is 0.468 e. The smallest absolute Gasteiger partial charge is 0.326 e. The molecule has 0 fully saturated rings. The van der Waals surface area contributed by atoms with E-state index in [-0.39, 0.29) is 18.5 Å². The molecule has 0 bridgehead atoms. The van der Waals surface area contributed by atoms with Gasteiger partial charge in [-0.05, 0) is 38.5 Å². The van der Waals surface area contributed by atoms with Gasteiger partial charge in [0.05, 0.1) is 18.1 Å². The second kappa shape index (κ2) is 8.69. The summed E-state index contributed by atoms with van der Waals surface area (Å²) in [5.41, 5.74) is 1.77. The van der Waals surface area contributed by atoms with Crippen molar-refractivity contribution in [2.24, 2.45) is 0 Å². The number of ether oxygens (including phenoxy) is 2. The molecule has 0 saturated heterocycles. The molecule has 0 amide bonds. The van der Waals surface area contributed by atoms with Gasteiger partial charge in [0, 0.05) is 0 Å². The molecule has 1 aromatic heterocycles. The fourth-order valence-electron chi connectivity index (χ4n) is 2.89. The van der Waals surface area contributed by atoms with Crippen LogP contribution in [0.2, 0.25) is 0 Å². The normalized spacial score (nSPS) is 12.6. The summed E-state index contributed by atoms with van der Waals surface area (Å²) in [5, 5.41) is -0.0493. The van der Waals surface area contributed by atoms with Crippen LogP contribution < -0.4 is 0 Å². The van der Waals surface area contributed by atoms with Gasteiger partial charge in [-0.1, -0.05) is 54.2 Å². The summed E-state index contributed by atoms with van der Waals surface area (Å²) in [6.07, 6.45) is 0. The lowest BCUT2D eigenvalue weighted by molar-refractivity contribution is -0.155. The molecule has 0 radical (unpaired) electrons. The Labute approximate surface area is 174 Å². The molecule has 152 valence electrons. The van der Waals surface area contributed by atoms with Gasteiger partial charge in [-0.3, -0.25) is 9.59 Å². The average molecular weight is 413 g/mol. The fraction of sp³-hybridized carbons (Fsp3) is 0.318. The van der Waals surface area contributed by atoms with Crippen molar-refractivity contribution >= 4 is 34.7 Å². The molecular weight excluding hydrogens is 388 g/mol. The van der Waals surface area contributed by atoms with Gasteiger partial charge in [0.15, 0.2) is 5.16 Å². The monoisotopic (exact) mass is 412 g/mol. The van der Waals surface area contributed by atoms with Crippen molar-refractivity contribution in [3.05, 3.63) is 60.2 Å². The van der Waals surface area contributed by atoms with Crippen molar-refractivity contribution in [1.82, 2.24) is 9.55 Å². The van der Waals surface area contributed by atoms with Gasteiger partial charge < -0.3 is 14.0 Å². The van der Waals surface area contributed by atoms with Gasteiger partial charge in [-0.25, -0.2) is 4.98 Å². The maximum absolute atomic E-state index is 12.5. The van der Waals surface area contributed by atoms with Gasteiger partial charge in [-0.2, -0.15) is 0 Å². The molecule has 1 heterocycles. The summed E-state index contributed by atoms with van der Waals surface area (Å²) < 4.78 is 12.3. The highest BCUT2D eigenvalue weighted by atomic mass is 32.2. The second-order valence-electron chi connectivity index (χ2n) is 7.49. The Bertz CT molecular complexity index is 1010. The van der Waals surface area contributed by atoms with E-state index < -0.39 is 10.9 Å². The number of methoxy groups -OCH3 is 1. The maximum Gasteiger partial charge on any atom is 0.326 e. The van der Waals surface area contributed by atoms with Crippen molar-refractivity contribution < 1.29 is 19.1 Å². The van der Waals surface area contributed by atoms with E-state index in [1.807, 2.05) is 75.4 Å². The lowest BCUT2D eigenvalue weighted by Gasteiger charge is -2.20. The van der Waals surface area contributed by atoms with Crippen molar-refractivity contribution in [3.8, 4) is 0 Å². The number of hydrogen-bond donors (Lipinski definition) is 0. The molecular formula is C22H24N2O4S. The number of nitrogens with zero attached hydrogens (tertiary/aromatic N) is 2. The number of esters is 2. The molecule has 1 unspecified atom stereocenters. The molecule has 29 heavy (non-hydrogen) atoms. The van der Waals surface area contributed by atoms with E-state index in [4.69, 9.17) is 9.47 Å². The number of thioether (sulfide) groups is 1. The third-order valence-electron chi connectivity index (χ3n) is 4.07. The van der Waals surface area contributed by atoms with E-state index in [9.17, 15) is 9.59 Å².